The van der Waals surface area contributed by atoms with Crippen LogP contribution in [0, 0.1) is 6.92 Å². The minimum atomic E-state index is -0.0428. The Morgan fingerprint density at radius 3 is 2.19 bits per heavy atom. The number of amides is 1. The van der Waals surface area contributed by atoms with Crippen LogP contribution in [0.2, 0.25) is 0 Å². The second kappa shape index (κ2) is 10.6. The third-order valence-corrected chi connectivity index (χ3v) is 6.13. The normalized spacial score (nSPS) is 13.0. The maximum absolute atomic E-state index is 12.3. The molecule has 2 aromatic carbocycles. The summed E-state index contributed by atoms with van der Waals surface area (Å²) in [5.74, 6) is 0.638. The van der Waals surface area contributed by atoms with Crippen molar-refractivity contribution in [2.75, 3.05) is 5.75 Å². The first-order valence-corrected chi connectivity index (χ1v) is 10.7. The molecule has 144 valence electrons. The first-order chi connectivity index (χ1) is 12.9. The third-order valence-electron chi connectivity index (χ3n) is 4.31. The van der Waals surface area contributed by atoms with E-state index in [1.807, 2.05) is 69.3 Å². The minimum Gasteiger partial charge on any atom is -0.350 e. The molecule has 0 aromatic heterocycles. The standard InChI is InChI=1S/C22H27NO2S2/c1-15-4-10-19(11-5-15)21(24)23-16(2)6-7-18-8-12-20(13-9-18)22(25)27-17(3)14-26/h4-5,8-13,16-17,26H,6-7,14H2,1-3H3,(H,23,24). The number of hydrogen-bond donors (Lipinski definition) is 2. The van der Waals surface area contributed by atoms with Gasteiger partial charge in [0, 0.05) is 28.2 Å². The van der Waals surface area contributed by atoms with E-state index in [9.17, 15) is 9.59 Å². The van der Waals surface area contributed by atoms with Crippen LogP contribution in [0.3, 0.4) is 0 Å². The molecule has 0 saturated heterocycles. The monoisotopic (exact) mass is 401 g/mol. The first-order valence-electron chi connectivity index (χ1n) is 9.17. The Hall–Kier alpha value is -1.72. The number of hydrogen-bond acceptors (Lipinski definition) is 4. The number of nitrogens with one attached hydrogen (secondary N) is 1. The van der Waals surface area contributed by atoms with E-state index in [2.05, 4.69) is 17.9 Å². The molecule has 0 bridgehead atoms. The third kappa shape index (κ3) is 7.07. The highest BCUT2D eigenvalue weighted by Gasteiger charge is 2.12. The number of carbonyl (C=O) groups excluding carboxylic acids is 2. The highest BCUT2D eigenvalue weighted by Crippen LogP contribution is 2.19. The van der Waals surface area contributed by atoms with E-state index in [0.717, 1.165) is 29.5 Å². The van der Waals surface area contributed by atoms with Crippen molar-refractivity contribution in [3.8, 4) is 0 Å². The second-order valence-corrected chi connectivity index (χ2v) is 8.65. The van der Waals surface area contributed by atoms with E-state index in [-0.39, 0.29) is 22.3 Å². The van der Waals surface area contributed by atoms with Gasteiger partial charge < -0.3 is 5.32 Å². The zero-order valence-electron chi connectivity index (χ0n) is 16.1. The summed E-state index contributed by atoms with van der Waals surface area (Å²) >= 11 is 5.53. The topological polar surface area (TPSA) is 46.2 Å². The Morgan fingerprint density at radius 1 is 1.00 bits per heavy atom. The summed E-state index contributed by atoms with van der Waals surface area (Å²) in [4.78, 5) is 24.4. The molecule has 5 heteroatoms. The molecule has 1 N–H and O–H groups in total. The summed E-state index contributed by atoms with van der Waals surface area (Å²) in [5, 5.41) is 3.33. The molecule has 0 heterocycles. The smallest absolute Gasteiger partial charge is 0.251 e. The van der Waals surface area contributed by atoms with E-state index >= 15 is 0 Å². The van der Waals surface area contributed by atoms with Crippen molar-refractivity contribution in [1.29, 1.82) is 0 Å². The van der Waals surface area contributed by atoms with Crippen LogP contribution in [0.5, 0.6) is 0 Å². The fourth-order valence-electron chi connectivity index (χ4n) is 2.56. The number of aryl methyl sites for hydroxylation is 2. The average Bonchev–Trinajstić information content (AvgIpc) is 2.67. The van der Waals surface area contributed by atoms with Gasteiger partial charge in [0.1, 0.15) is 0 Å². The SMILES string of the molecule is Cc1ccc(C(=O)NC(C)CCc2ccc(C(=O)SC(C)CS)cc2)cc1. The van der Waals surface area contributed by atoms with E-state index in [4.69, 9.17) is 0 Å². The summed E-state index contributed by atoms with van der Waals surface area (Å²) in [6.07, 6.45) is 1.69. The lowest BCUT2D eigenvalue weighted by atomic mass is 10.0. The number of benzene rings is 2. The molecular weight excluding hydrogens is 374 g/mol. The van der Waals surface area contributed by atoms with Crippen molar-refractivity contribution in [1.82, 2.24) is 5.32 Å². The predicted molar refractivity (Wildman–Crippen MR) is 118 cm³/mol. The van der Waals surface area contributed by atoms with Crippen LogP contribution in [0.4, 0.5) is 0 Å². The average molecular weight is 402 g/mol. The second-order valence-electron chi connectivity index (χ2n) is 6.87. The molecule has 0 spiro atoms. The van der Waals surface area contributed by atoms with Crippen molar-refractivity contribution in [3.63, 3.8) is 0 Å². The van der Waals surface area contributed by atoms with Gasteiger partial charge in [-0.25, -0.2) is 0 Å². The molecule has 0 radical (unpaired) electrons. The highest BCUT2D eigenvalue weighted by atomic mass is 32.2. The fourth-order valence-corrected chi connectivity index (χ4v) is 3.50. The van der Waals surface area contributed by atoms with Crippen molar-refractivity contribution in [2.45, 2.75) is 44.9 Å². The van der Waals surface area contributed by atoms with Gasteiger partial charge in [0.05, 0.1) is 0 Å². The minimum absolute atomic E-state index is 0.0428. The summed E-state index contributed by atoms with van der Waals surface area (Å²) in [6.45, 7) is 6.01. The van der Waals surface area contributed by atoms with E-state index in [1.54, 1.807) is 0 Å². The van der Waals surface area contributed by atoms with Crippen LogP contribution in [-0.4, -0.2) is 28.1 Å². The summed E-state index contributed by atoms with van der Waals surface area (Å²) in [5.41, 5.74) is 3.71. The summed E-state index contributed by atoms with van der Waals surface area (Å²) in [6, 6.07) is 15.4. The molecule has 2 atom stereocenters. The quantitative estimate of drug-likeness (QED) is 0.616. The molecule has 2 rings (SSSR count). The van der Waals surface area contributed by atoms with Crippen LogP contribution >= 0.6 is 24.4 Å². The number of rotatable bonds is 8. The van der Waals surface area contributed by atoms with E-state index < -0.39 is 0 Å². The van der Waals surface area contributed by atoms with Gasteiger partial charge in [0.25, 0.3) is 5.91 Å². The lowest BCUT2D eigenvalue weighted by Crippen LogP contribution is -2.32. The maximum atomic E-state index is 12.3. The first kappa shape index (κ1) is 21.6. The predicted octanol–water partition coefficient (Wildman–Crippen LogP) is 4.94. The van der Waals surface area contributed by atoms with Crippen molar-refractivity contribution >= 4 is 35.4 Å². The van der Waals surface area contributed by atoms with Gasteiger partial charge in [-0.1, -0.05) is 60.6 Å². The van der Waals surface area contributed by atoms with Gasteiger partial charge in [-0.15, -0.1) is 0 Å². The van der Waals surface area contributed by atoms with Crippen LogP contribution in [-0.2, 0) is 6.42 Å². The lowest BCUT2D eigenvalue weighted by molar-refractivity contribution is 0.0938. The number of thioether (sulfide) groups is 1. The van der Waals surface area contributed by atoms with Gasteiger partial charge >= 0.3 is 0 Å². The van der Waals surface area contributed by atoms with E-state index in [1.165, 1.54) is 11.8 Å². The molecular formula is C22H27NO2S2. The molecule has 0 aliphatic rings. The number of thiol groups is 1. The number of carbonyl (C=O) groups is 2. The summed E-state index contributed by atoms with van der Waals surface area (Å²) < 4.78 is 0. The molecule has 3 nitrogen and oxygen atoms in total. The molecule has 0 saturated carbocycles. The van der Waals surface area contributed by atoms with Crippen molar-refractivity contribution < 1.29 is 9.59 Å². The van der Waals surface area contributed by atoms with Crippen LogP contribution < -0.4 is 5.32 Å². The maximum Gasteiger partial charge on any atom is 0.251 e. The van der Waals surface area contributed by atoms with Gasteiger partial charge in [-0.2, -0.15) is 12.6 Å². The van der Waals surface area contributed by atoms with Crippen LogP contribution in [0.25, 0.3) is 0 Å². The highest BCUT2D eigenvalue weighted by molar-refractivity contribution is 8.15. The molecule has 27 heavy (non-hydrogen) atoms. The molecule has 0 aliphatic heterocycles. The van der Waals surface area contributed by atoms with E-state index in [0.29, 0.717) is 11.3 Å². The van der Waals surface area contributed by atoms with Gasteiger partial charge in [0.15, 0.2) is 0 Å². The molecule has 0 aliphatic carbocycles. The Balaban J connectivity index is 1.82. The lowest BCUT2D eigenvalue weighted by Gasteiger charge is -2.14. The molecule has 2 unspecified atom stereocenters. The van der Waals surface area contributed by atoms with Crippen molar-refractivity contribution in [3.05, 3.63) is 70.8 Å². The van der Waals surface area contributed by atoms with Gasteiger partial charge in [0.2, 0.25) is 5.12 Å². The van der Waals surface area contributed by atoms with Crippen molar-refractivity contribution in [2.24, 2.45) is 0 Å². The molecule has 0 fully saturated rings. The van der Waals surface area contributed by atoms with Crippen LogP contribution in [0.15, 0.2) is 48.5 Å². The molecule has 2 aromatic rings. The largest absolute Gasteiger partial charge is 0.350 e. The van der Waals surface area contributed by atoms with Gasteiger partial charge in [-0.3, -0.25) is 9.59 Å². The Morgan fingerprint density at radius 2 is 1.59 bits per heavy atom. The molecule has 1 amide bonds. The zero-order chi connectivity index (χ0) is 19.8. The fraction of sp³-hybridized carbons (Fsp3) is 0.364. The Kier molecular flexibility index (Phi) is 8.45. The zero-order valence-corrected chi connectivity index (χ0v) is 17.8. The Labute approximate surface area is 171 Å². The Bertz CT molecular complexity index is 757. The summed E-state index contributed by atoms with van der Waals surface area (Å²) in [7, 11) is 0. The van der Waals surface area contributed by atoms with Gasteiger partial charge in [-0.05, 0) is 44.4 Å². The van der Waals surface area contributed by atoms with Crippen LogP contribution in [0.1, 0.15) is 52.1 Å².